The predicted octanol–water partition coefficient (Wildman–Crippen LogP) is 1.29. The van der Waals surface area contributed by atoms with Crippen LogP contribution in [0.1, 0.15) is 51.7 Å². The van der Waals surface area contributed by atoms with Gasteiger partial charge in [0.05, 0.1) is 6.61 Å². The minimum Gasteiger partial charge on any atom is -0.455 e. The summed E-state index contributed by atoms with van der Waals surface area (Å²) in [6.07, 6.45) is 4.88. The molecule has 3 rings (SSSR count). The number of rotatable bonds is 8. The van der Waals surface area contributed by atoms with E-state index in [1.54, 1.807) is 10.8 Å². The summed E-state index contributed by atoms with van der Waals surface area (Å²) in [5.41, 5.74) is 0.0885. The molecule has 1 aromatic heterocycles. The van der Waals surface area contributed by atoms with Crippen molar-refractivity contribution in [1.82, 2.24) is 9.55 Å². The van der Waals surface area contributed by atoms with Gasteiger partial charge in [0.25, 0.3) is 0 Å². The second-order valence-electron chi connectivity index (χ2n) is 6.45. The minimum atomic E-state index is -0.686. The van der Waals surface area contributed by atoms with E-state index in [9.17, 15) is 9.90 Å². The monoisotopic (exact) mass is 351 g/mol. The quantitative estimate of drug-likeness (QED) is 0.540. The molecule has 2 aliphatic heterocycles. The summed E-state index contributed by atoms with van der Waals surface area (Å²) in [6.45, 7) is 1.89. The van der Waals surface area contributed by atoms with Gasteiger partial charge in [-0.05, 0) is 12.5 Å². The van der Waals surface area contributed by atoms with Crippen LogP contribution in [0.25, 0.3) is 0 Å². The number of aliphatic hydroxyl groups excluding tert-OH is 1. The molecule has 8 heteroatoms. The summed E-state index contributed by atoms with van der Waals surface area (Å²) in [5.74, 6) is -0.303. The van der Waals surface area contributed by atoms with E-state index in [-0.39, 0.29) is 24.1 Å². The number of carbonyl (C=O) groups is 1. The fraction of sp³-hybridized carbons (Fsp3) is 0.706. The SMILES string of the molecule is CCCCCCCC(=O)O[C@H]1[C@@H]2Oc3nc(=N)ccn3[C@@H]2O[C@@H]1CO. The summed E-state index contributed by atoms with van der Waals surface area (Å²) < 4.78 is 18.7. The Morgan fingerprint density at radius 1 is 1.40 bits per heavy atom. The van der Waals surface area contributed by atoms with Gasteiger partial charge in [0.1, 0.15) is 6.10 Å². The summed E-state index contributed by atoms with van der Waals surface area (Å²) >= 11 is 0. The van der Waals surface area contributed by atoms with E-state index in [4.69, 9.17) is 19.6 Å². The predicted molar refractivity (Wildman–Crippen MR) is 86.7 cm³/mol. The van der Waals surface area contributed by atoms with Crippen LogP contribution in [0.3, 0.4) is 0 Å². The summed E-state index contributed by atoms with van der Waals surface area (Å²) in [5, 5.41) is 17.1. The number of ether oxygens (including phenoxy) is 3. The van der Waals surface area contributed by atoms with Crippen LogP contribution in [-0.2, 0) is 14.3 Å². The Kier molecular flexibility index (Phi) is 5.70. The third-order valence-corrected chi connectivity index (χ3v) is 4.56. The number of aliphatic hydroxyl groups is 1. The van der Waals surface area contributed by atoms with Crippen LogP contribution in [-0.4, -0.2) is 45.5 Å². The Balaban J connectivity index is 1.59. The van der Waals surface area contributed by atoms with E-state index in [2.05, 4.69) is 11.9 Å². The van der Waals surface area contributed by atoms with E-state index in [0.717, 1.165) is 25.7 Å². The van der Waals surface area contributed by atoms with E-state index in [1.807, 2.05) is 0 Å². The lowest BCUT2D eigenvalue weighted by atomic mass is 10.1. The molecule has 25 heavy (non-hydrogen) atoms. The van der Waals surface area contributed by atoms with Crippen LogP contribution < -0.4 is 10.2 Å². The number of hydrogen-bond acceptors (Lipinski definition) is 7. The van der Waals surface area contributed by atoms with E-state index >= 15 is 0 Å². The third-order valence-electron chi connectivity index (χ3n) is 4.56. The minimum absolute atomic E-state index is 0.0885. The highest BCUT2D eigenvalue weighted by Crippen LogP contribution is 2.40. The van der Waals surface area contributed by atoms with Crippen molar-refractivity contribution in [2.75, 3.05) is 6.61 Å². The maximum absolute atomic E-state index is 12.1. The van der Waals surface area contributed by atoms with Crippen molar-refractivity contribution in [2.45, 2.75) is 70.0 Å². The fourth-order valence-corrected chi connectivity index (χ4v) is 3.25. The molecule has 0 bridgehead atoms. The molecule has 1 aromatic rings. The molecule has 0 saturated carbocycles. The Bertz CT molecular complexity index is 662. The lowest BCUT2D eigenvalue weighted by Crippen LogP contribution is -2.39. The van der Waals surface area contributed by atoms with E-state index < -0.39 is 24.5 Å². The van der Waals surface area contributed by atoms with Gasteiger partial charge in [0.2, 0.25) is 0 Å². The first-order chi connectivity index (χ1) is 12.1. The number of esters is 1. The van der Waals surface area contributed by atoms with Gasteiger partial charge in [0.15, 0.2) is 23.9 Å². The number of unbranched alkanes of at least 4 members (excludes halogenated alkanes) is 4. The molecule has 1 fully saturated rings. The average Bonchev–Trinajstić information content (AvgIpc) is 3.10. The van der Waals surface area contributed by atoms with Crippen molar-refractivity contribution < 1.29 is 24.1 Å². The van der Waals surface area contributed by atoms with Gasteiger partial charge < -0.3 is 19.3 Å². The first kappa shape index (κ1) is 17.9. The summed E-state index contributed by atoms with van der Waals surface area (Å²) in [6, 6.07) is 1.79. The first-order valence-corrected chi connectivity index (χ1v) is 8.90. The van der Waals surface area contributed by atoms with Crippen molar-refractivity contribution in [1.29, 1.82) is 5.41 Å². The largest absolute Gasteiger partial charge is 0.455 e. The average molecular weight is 351 g/mol. The molecule has 0 radical (unpaired) electrons. The number of carbonyl (C=O) groups excluding carboxylic acids is 1. The zero-order chi connectivity index (χ0) is 17.8. The molecule has 2 N–H and O–H groups in total. The van der Waals surface area contributed by atoms with Crippen LogP contribution >= 0.6 is 0 Å². The van der Waals surface area contributed by atoms with Crippen molar-refractivity contribution in [3.8, 4) is 6.01 Å². The van der Waals surface area contributed by atoms with Crippen molar-refractivity contribution in [2.24, 2.45) is 0 Å². The molecule has 1 saturated heterocycles. The standard InChI is InChI=1S/C17H25N3O5/c1-2-3-4-5-6-7-13(22)24-14-11(10-21)23-16-15(14)25-17-19-12(18)8-9-20(16)17/h8-9,11,14-16,18,21H,2-7,10H2,1H3/t11-,14-,15+,16-/m1/s1. The van der Waals surface area contributed by atoms with Gasteiger partial charge in [-0.1, -0.05) is 32.6 Å². The van der Waals surface area contributed by atoms with E-state index in [0.29, 0.717) is 6.42 Å². The Morgan fingerprint density at radius 3 is 2.96 bits per heavy atom. The number of aromatic nitrogens is 2. The number of hydrogen-bond donors (Lipinski definition) is 2. The molecule has 0 spiro atoms. The van der Waals surface area contributed by atoms with Gasteiger partial charge in [-0.2, -0.15) is 4.98 Å². The van der Waals surface area contributed by atoms with E-state index in [1.165, 1.54) is 12.5 Å². The van der Waals surface area contributed by atoms with Gasteiger partial charge >= 0.3 is 12.0 Å². The molecule has 0 aromatic carbocycles. The lowest BCUT2D eigenvalue weighted by molar-refractivity contribution is -0.156. The zero-order valence-corrected chi connectivity index (χ0v) is 14.4. The maximum Gasteiger partial charge on any atom is 0.306 e. The molecule has 4 atom stereocenters. The highest BCUT2D eigenvalue weighted by Gasteiger charge is 2.53. The van der Waals surface area contributed by atoms with Gasteiger partial charge in [-0.25, -0.2) is 0 Å². The smallest absolute Gasteiger partial charge is 0.306 e. The van der Waals surface area contributed by atoms with Gasteiger partial charge in [-0.3, -0.25) is 14.8 Å². The highest BCUT2D eigenvalue weighted by atomic mass is 16.7. The molecule has 0 amide bonds. The van der Waals surface area contributed by atoms with Gasteiger partial charge in [0, 0.05) is 12.6 Å². The zero-order valence-electron chi connectivity index (χ0n) is 14.4. The Morgan fingerprint density at radius 2 is 2.20 bits per heavy atom. The molecule has 3 heterocycles. The summed E-state index contributed by atoms with van der Waals surface area (Å²) in [4.78, 5) is 16.1. The normalized spacial score (nSPS) is 26.8. The molecule has 2 aliphatic rings. The van der Waals surface area contributed by atoms with Crippen LogP contribution in [0.15, 0.2) is 12.3 Å². The second-order valence-corrected chi connectivity index (χ2v) is 6.45. The Labute approximate surface area is 146 Å². The van der Waals surface area contributed by atoms with Crippen LogP contribution in [0.4, 0.5) is 0 Å². The molecule has 0 unspecified atom stereocenters. The highest BCUT2D eigenvalue weighted by molar-refractivity contribution is 5.69. The second kappa shape index (κ2) is 7.97. The number of nitrogens with zero attached hydrogens (tertiary/aromatic N) is 2. The number of nitrogens with one attached hydrogen (secondary N) is 1. The maximum atomic E-state index is 12.1. The Hall–Kier alpha value is -1.93. The molecule has 8 nitrogen and oxygen atoms in total. The summed E-state index contributed by atoms with van der Waals surface area (Å²) in [7, 11) is 0. The topological polar surface area (TPSA) is 107 Å². The number of fused-ring (bicyclic) bond motifs is 3. The fourth-order valence-electron chi connectivity index (χ4n) is 3.25. The van der Waals surface area contributed by atoms with Crippen molar-refractivity contribution in [3.05, 3.63) is 17.8 Å². The molecule has 138 valence electrons. The van der Waals surface area contributed by atoms with Crippen molar-refractivity contribution in [3.63, 3.8) is 0 Å². The van der Waals surface area contributed by atoms with Crippen LogP contribution in [0.5, 0.6) is 6.01 Å². The molecular weight excluding hydrogens is 326 g/mol. The van der Waals surface area contributed by atoms with Crippen LogP contribution in [0.2, 0.25) is 0 Å². The van der Waals surface area contributed by atoms with Crippen LogP contribution in [0, 0.1) is 5.41 Å². The lowest BCUT2D eigenvalue weighted by Gasteiger charge is -2.20. The first-order valence-electron chi connectivity index (χ1n) is 8.90. The molecule has 0 aliphatic carbocycles. The van der Waals surface area contributed by atoms with Crippen molar-refractivity contribution >= 4 is 5.97 Å². The van der Waals surface area contributed by atoms with Gasteiger partial charge in [-0.15, -0.1) is 0 Å². The molecular formula is C17H25N3O5. The third kappa shape index (κ3) is 3.85.